The maximum absolute atomic E-state index is 12.9. The number of rotatable bonds is 8. The predicted molar refractivity (Wildman–Crippen MR) is 107 cm³/mol. The van der Waals surface area contributed by atoms with Crippen LogP contribution >= 0.6 is 0 Å². The normalized spacial score (nSPS) is 16.3. The number of carbonyl (C=O) groups excluding carboxylic acids is 1. The summed E-state index contributed by atoms with van der Waals surface area (Å²) in [4.78, 5) is 32.6. The molecule has 0 saturated carbocycles. The molecular formula is C21H25FN4O3. The Morgan fingerprint density at radius 2 is 1.76 bits per heavy atom. The number of nitrogens with one attached hydrogen (secondary N) is 1. The van der Waals surface area contributed by atoms with Crippen molar-refractivity contribution in [2.24, 2.45) is 5.92 Å². The molecule has 0 aliphatic carbocycles. The average molecular weight is 400 g/mol. The predicted octanol–water partition coefficient (Wildman–Crippen LogP) is 2.07. The second kappa shape index (κ2) is 10.1. The number of carboxylic acids is 1. The fraction of sp³-hybridized carbons (Fsp3) is 0.381. The first-order chi connectivity index (χ1) is 14.0. The van der Waals surface area contributed by atoms with Crippen LogP contribution in [0.15, 0.2) is 48.7 Å². The van der Waals surface area contributed by atoms with Gasteiger partial charge in [-0.3, -0.25) is 24.4 Å². The Morgan fingerprint density at radius 3 is 2.38 bits per heavy atom. The summed E-state index contributed by atoms with van der Waals surface area (Å²) in [7, 11) is 0. The number of nitrogens with zero attached hydrogens (tertiary/aromatic N) is 3. The van der Waals surface area contributed by atoms with Gasteiger partial charge in [0.25, 0.3) is 0 Å². The topological polar surface area (TPSA) is 85.8 Å². The third kappa shape index (κ3) is 6.62. The van der Waals surface area contributed by atoms with Gasteiger partial charge in [0.05, 0.1) is 11.6 Å². The largest absolute Gasteiger partial charge is 0.481 e. The minimum atomic E-state index is -0.991. The third-order valence-electron chi connectivity index (χ3n) is 4.96. The molecule has 1 aromatic heterocycles. The molecule has 7 nitrogen and oxygen atoms in total. The van der Waals surface area contributed by atoms with Gasteiger partial charge >= 0.3 is 5.97 Å². The van der Waals surface area contributed by atoms with Gasteiger partial charge in [0.15, 0.2) is 0 Å². The minimum Gasteiger partial charge on any atom is -0.481 e. The van der Waals surface area contributed by atoms with Crippen molar-refractivity contribution in [1.29, 1.82) is 0 Å². The summed E-state index contributed by atoms with van der Waals surface area (Å²) < 4.78 is 12.9. The SMILES string of the molecule is O=C(C[C@@H](CN1CCN(Cc2ccccn2)CC1)C(=O)O)Nc1ccc(F)cc1. The second-order valence-corrected chi connectivity index (χ2v) is 7.19. The monoisotopic (exact) mass is 400 g/mol. The molecule has 1 amide bonds. The number of piperazine rings is 1. The van der Waals surface area contributed by atoms with Crippen molar-refractivity contribution >= 4 is 17.6 Å². The van der Waals surface area contributed by atoms with E-state index in [1.54, 1.807) is 6.20 Å². The Labute approximate surface area is 169 Å². The smallest absolute Gasteiger partial charge is 0.308 e. The highest BCUT2D eigenvalue weighted by atomic mass is 19.1. The first-order valence-electron chi connectivity index (χ1n) is 9.62. The molecule has 154 valence electrons. The Morgan fingerprint density at radius 1 is 1.07 bits per heavy atom. The molecule has 2 heterocycles. The number of carbonyl (C=O) groups is 2. The molecule has 0 unspecified atom stereocenters. The van der Waals surface area contributed by atoms with E-state index in [9.17, 15) is 19.1 Å². The summed E-state index contributed by atoms with van der Waals surface area (Å²) in [6, 6.07) is 11.2. The van der Waals surface area contributed by atoms with Gasteiger partial charge in [-0.1, -0.05) is 6.07 Å². The van der Waals surface area contributed by atoms with E-state index >= 15 is 0 Å². The zero-order valence-electron chi connectivity index (χ0n) is 16.1. The van der Waals surface area contributed by atoms with Gasteiger partial charge in [0, 0.05) is 57.6 Å². The number of hydrogen-bond acceptors (Lipinski definition) is 5. The number of halogens is 1. The summed E-state index contributed by atoms with van der Waals surface area (Å²) >= 11 is 0. The van der Waals surface area contributed by atoms with E-state index in [1.165, 1.54) is 24.3 Å². The highest BCUT2D eigenvalue weighted by Crippen LogP contribution is 2.14. The van der Waals surface area contributed by atoms with Crippen LogP contribution in [0, 0.1) is 11.7 Å². The summed E-state index contributed by atoms with van der Waals surface area (Å²) in [5, 5.41) is 12.2. The number of aliphatic carboxylic acids is 1. The average Bonchev–Trinajstić information content (AvgIpc) is 2.71. The van der Waals surface area contributed by atoms with E-state index in [0.717, 1.165) is 38.4 Å². The van der Waals surface area contributed by atoms with Crippen LogP contribution in [0.3, 0.4) is 0 Å². The van der Waals surface area contributed by atoms with Crippen molar-refractivity contribution < 1.29 is 19.1 Å². The molecule has 1 fully saturated rings. The number of aromatic nitrogens is 1. The molecule has 0 spiro atoms. The van der Waals surface area contributed by atoms with Crippen LogP contribution in [0.2, 0.25) is 0 Å². The minimum absolute atomic E-state index is 0.124. The van der Waals surface area contributed by atoms with Crippen molar-refractivity contribution in [3.8, 4) is 0 Å². The van der Waals surface area contributed by atoms with Crippen LogP contribution in [-0.4, -0.2) is 64.5 Å². The number of amides is 1. The van der Waals surface area contributed by atoms with Crippen molar-refractivity contribution in [2.45, 2.75) is 13.0 Å². The van der Waals surface area contributed by atoms with E-state index in [4.69, 9.17) is 0 Å². The molecule has 1 aromatic carbocycles. The fourth-order valence-electron chi connectivity index (χ4n) is 3.36. The maximum Gasteiger partial charge on any atom is 0.308 e. The lowest BCUT2D eigenvalue weighted by Crippen LogP contribution is -2.48. The number of anilines is 1. The zero-order valence-corrected chi connectivity index (χ0v) is 16.1. The van der Waals surface area contributed by atoms with Crippen LogP contribution in [0.5, 0.6) is 0 Å². The third-order valence-corrected chi connectivity index (χ3v) is 4.96. The van der Waals surface area contributed by atoms with E-state index in [-0.39, 0.29) is 6.42 Å². The van der Waals surface area contributed by atoms with E-state index < -0.39 is 23.6 Å². The molecule has 8 heteroatoms. The van der Waals surface area contributed by atoms with Gasteiger partial charge in [-0.2, -0.15) is 0 Å². The first-order valence-corrected chi connectivity index (χ1v) is 9.62. The Bertz CT molecular complexity index is 808. The van der Waals surface area contributed by atoms with Crippen molar-refractivity contribution in [3.05, 3.63) is 60.2 Å². The Hall–Kier alpha value is -2.84. The quantitative estimate of drug-likeness (QED) is 0.706. The second-order valence-electron chi connectivity index (χ2n) is 7.19. The Kier molecular flexibility index (Phi) is 7.26. The summed E-state index contributed by atoms with van der Waals surface area (Å²) in [6.07, 6.45) is 1.65. The van der Waals surface area contributed by atoms with Crippen molar-refractivity contribution in [2.75, 3.05) is 38.0 Å². The summed E-state index contributed by atoms with van der Waals surface area (Å²) in [5.74, 6) is -2.57. The zero-order chi connectivity index (χ0) is 20.6. The number of benzene rings is 1. The lowest BCUT2D eigenvalue weighted by atomic mass is 10.0. The van der Waals surface area contributed by atoms with Crippen LogP contribution in [0.1, 0.15) is 12.1 Å². The van der Waals surface area contributed by atoms with Crippen LogP contribution in [0.4, 0.5) is 10.1 Å². The van der Waals surface area contributed by atoms with Gasteiger partial charge in [0.1, 0.15) is 5.82 Å². The number of hydrogen-bond donors (Lipinski definition) is 2. The fourth-order valence-corrected chi connectivity index (χ4v) is 3.36. The van der Waals surface area contributed by atoms with E-state index in [2.05, 4.69) is 20.1 Å². The molecule has 1 aliphatic rings. The Balaban J connectivity index is 1.46. The molecule has 2 N–H and O–H groups in total. The summed E-state index contributed by atoms with van der Waals surface area (Å²) in [6.45, 7) is 4.24. The number of carboxylic acid groups (broad SMARTS) is 1. The first kappa shape index (κ1) is 20.9. The molecule has 1 saturated heterocycles. The van der Waals surface area contributed by atoms with E-state index in [1.807, 2.05) is 18.2 Å². The van der Waals surface area contributed by atoms with Crippen LogP contribution < -0.4 is 5.32 Å². The number of pyridine rings is 1. The standard InChI is InChI=1S/C21H25FN4O3/c22-17-4-6-18(7-5-17)24-20(27)13-16(21(28)29)14-25-9-11-26(12-10-25)15-19-3-1-2-8-23-19/h1-8,16H,9-15H2,(H,24,27)(H,28,29)/t16-/m0/s1. The van der Waals surface area contributed by atoms with Gasteiger partial charge < -0.3 is 10.4 Å². The maximum atomic E-state index is 12.9. The summed E-state index contributed by atoms with van der Waals surface area (Å²) in [5.41, 5.74) is 1.46. The van der Waals surface area contributed by atoms with Crippen LogP contribution in [-0.2, 0) is 16.1 Å². The molecule has 2 aromatic rings. The van der Waals surface area contributed by atoms with Gasteiger partial charge in [-0.15, -0.1) is 0 Å². The van der Waals surface area contributed by atoms with Crippen molar-refractivity contribution in [1.82, 2.24) is 14.8 Å². The highest BCUT2D eigenvalue weighted by Gasteiger charge is 2.26. The molecule has 29 heavy (non-hydrogen) atoms. The lowest BCUT2D eigenvalue weighted by molar-refractivity contribution is -0.144. The van der Waals surface area contributed by atoms with Crippen molar-refractivity contribution in [3.63, 3.8) is 0 Å². The molecule has 1 aliphatic heterocycles. The van der Waals surface area contributed by atoms with Gasteiger partial charge in [0.2, 0.25) is 5.91 Å². The van der Waals surface area contributed by atoms with E-state index in [0.29, 0.717) is 12.2 Å². The van der Waals surface area contributed by atoms with Crippen LogP contribution in [0.25, 0.3) is 0 Å². The lowest BCUT2D eigenvalue weighted by Gasteiger charge is -2.35. The molecule has 0 bridgehead atoms. The van der Waals surface area contributed by atoms with Gasteiger partial charge in [-0.05, 0) is 36.4 Å². The molecule has 0 radical (unpaired) electrons. The highest BCUT2D eigenvalue weighted by molar-refractivity contribution is 5.93. The molecule has 1 atom stereocenters. The molecule has 3 rings (SSSR count). The molecular weight excluding hydrogens is 375 g/mol. The van der Waals surface area contributed by atoms with Gasteiger partial charge in [-0.25, -0.2) is 4.39 Å².